The Bertz CT molecular complexity index is 3620. The van der Waals surface area contributed by atoms with Gasteiger partial charge in [-0.2, -0.15) is 0 Å². The van der Waals surface area contributed by atoms with Crippen molar-refractivity contribution in [2.24, 2.45) is 0 Å². The summed E-state index contributed by atoms with van der Waals surface area (Å²) in [7, 11) is 0. The van der Waals surface area contributed by atoms with Gasteiger partial charge in [-0.3, -0.25) is 0 Å². The minimum Gasteiger partial charge on any atom is -0.135 e. The Morgan fingerprint density at radius 3 is 1.49 bits per heavy atom. The van der Waals surface area contributed by atoms with Gasteiger partial charge in [0.1, 0.15) is 0 Å². The molecule has 71 heavy (non-hydrogen) atoms. The smallest absolute Gasteiger partial charge is 0.0713 e. The summed E-state index contributed by atoms with van der Waals surface area (Å²) in [4.78, 5) is 0. The predicted molar refractivity (Wildman–Crippen MR) is 310 cm³/mol. The number of benzene rings is 11. The number of hydrogen-bond acceptors (Lipinski definition) is 1. The fourth-order valence-corrected chi connectivity index (χ4v) is 11.3. The van der Waals surface area contributed by atoms with Crippen LogP contribution in [0.1, 0.15) is 62.6 Å². The van der Waals surface area contributed by atoms with Gasteiger partial charge < -0.3 is 0 Å². The van der Waals surface area contributed by atoms with Crippen LogP contribution in [0.3, 0.4) is 0 Å². The predicted octanol–water partition coefficient (Wildman–Crippen LogP) is 19.6. The van der Waals surface area contributed by atoms with E-state index in [1.54, 1.807) is 0 Å². The summed E-state index contributed by atoms with van der Waals surface area (Å²) in [6, 6.07) is 91.1. The third-order valence-electron chi connectivity index (χ3n) is 13.6. The molecule has 1 aliphatic carbocycles. The van der Waals surface area contributed by atoms with Crippen LogP contribution in [0, 0.1) is 34.6 Å². The van der Waals surface area contributed by atoms with E-state index in [0.717, 1.165) is 6.42 Å². The summed E-state index contributed by atoms with van der Waals surface area (Å²) in [6.45, 7) is 13.0. The maximum atomic E-state index is 2.44. The minimum atomic E-state index is -0.325. The van der Waals surface area contributed by atoms with E-state index in [9.17, 15) is 0 Å². The van der Waals surface area contributed by atoms with Gasteiger partial charge in [-0.25, -0.2) is 0 Å². The SMILES string of the molecule is CCc1ccccc1.Cc1ccc2c(c1)C(c1ccccc1)(c1ccccc1)c1cc(C)c3ccccc3c1-2.Cc1ccc2ccccc2c1.Cc1cccc2sc3ccccc3c12.Cc1ccccc1. The zero-order valence-corrected chi connectivity index (χ0v) is 42.7. The number of aryl methyl sites for hydroxylation is 6. The molecule has 13 rings (SSSR count). The van der Waals surface area contributed by atoms with Crippen molar-refractivity contribution < 1.29 is 0 Å². The molecule has 0 nitrogen and oxygen atoms in total. The highest BCUT2D eigenvalue weighted by molar-refractivity contribution is 7.25. The second-order valence-corrected chi connectivity index (χ2v) is 19.7. The Labute approximate surface area is 425 Å². The zero-order valence-electron chi connectivity index (χ0n) is 41.9. The third-order valence-corrected chi connectivity index (χ3v) is 14.8. The molecule has 1 aromatic heterocycles. The van der Waals surface area contributed by atoms with Gasteiger partial charge in [0.15, 0.2) is 0 Å². The molecule has 0 aliphatic heterocycles. The highest BCUT2D eigenvalue weighted by Gasteiger charge is 2.46. The summed E-state index contributed by atoms with van der Waals surface area (Å²) in [5.74, 6) is 0. The van der Waals surface area contributed by atoms with E-state index in [4.69, 9.17) is 0 Å². The van der Waals surface area contributed by atoms with Gasteiger partial charge in [0.2, 0.25) is 0 Å². The van der Waals surface area contributed by atoms with Crippen molar-refractivity contribution in [2.45, 2.75) is 53.4 Å². The highest BCUT2D eigenvalue weighted by atomic mass is 32.1. The van der Waals surface area contributed by atoms with Crippen LogP contribution < -0.4 is 0 Å². The maximum Gasteiger partial charge on any atom is 0.0713 e. The van der Waals surface area contributed by atoms with Gasteiger partial charge in [0, 0.05) is 20.2 Å². The quantitative estimate of drug-likeness (QED) is 0.166. The molecule has 1 aliphatic rings. The van der Waals surface area contributed by atoms with Crippen molar-refractivity contribution in [3.05, 3.63) is 310 Å². The van der Waals surface area contributed by atoms with Gasteiger partial charge in [0.05, 0.1) is 5.41 Å². The number of rotatable bonds is 3. The maximum absolute atomic E-state index is 2.44. The summed E-state index contributed by atoms with van der Waals surface area (Å²) in [5, 5.41) is 8.14. The minimum absolute atomic E-state index is 0.325. The Kier molecular flexibility index (Phi) is 15.1. The molecule has 0 spiro atoms. The van der Waals surface area contributed by atoms with Crippen LogP contribution in [0.5, 0.6) is 0 Å². The monoisotopic (exact) mass is 934 g/mol. The summed E-state index contributed by atoms with van der Waals surface area (Å²) in [5.41, 5.74) is 15.9. The van der Waals surface area contributed by atoms with Gasteiger partial charge in [-0.05, 0) is 125 Å². The van der Waals surface area contributed by atoms with Gasteiger partial charge in [-0.15, -0.1) is 11.3 Å². The number of thiophene rings is 1. The standard InChI is InChI=1S/C31H24.C13H10S.C11H10.C8H10.C7H8/c1-21-17-18-27-28(19-21)31(23-11-5-3-6-12-23,24-13-7-4-8-14-24)29-20-22(2)25-15-9-10-16-26(25)30(27)29;1-9-5-4-8-12-13(9)10-6-2-3-7-11(10)14-12;1-9-6-7-10-4-2-3-5-11(10)8-9;1-2-8-6-4-3-5-7-8;1-7-5-3-2-4-6-7/h3-20H,1-2H3;2-8H,1H3;2-8H,1H3;3-7H,2H2,1H3;2-6H,1H3. The molecular formula is C70H62S. The van der Waals surface area contributed by atoms with E-state index in [-0.39, 0.29) is 5.41 Å². The van der Waals surface area contributed by atoms with E-state index in [0.29, 0.717) is 0 Å². The lowest BCUT2D eigenvalue weighted by molar-refractivity contribution is 0.767. The normalized spacial score (nSPS) is 11.7. The van der Waals surface area contributed by atoms with Crippen molar-refractivity contribution in [1.82, 2.24) is 0 Å². The molecule has 0 saturated carbocycles. The fourth-order valence-electron chi connectivity index (χ4n) is 10.1. The molecule has 0 fully saturated rings. The third kappa shape index (κ3) is 10.4. The van der Waals surface area contributed by atoms with Crippen LogP contribution in [-0.2, 0) is 11.8 Å². The molecule has 0 saturated heterocycles. The zero-order chi connectivity index (χ0) is 49.2. The molecule has 0 atom stereocenters. The molecule has 0 bridgehead atoms. The van der Waals surface area contributed by atoms with E-state index in [1.165, 1.54) is 108 Å². The van der Waals surface area contributed by atoms with Crippen molar-refractivity contribution in [2.75, 3.05) is 0 Å². The summed E-state index contributed by atoms with van der Waals surface area (Å²) in [6.07, 6.45) is 1.14. The molecule has 0 amide bonds. The largest absolute Gasteiger partial charge is 0.135 e. The Morgan fingerprint density at radius 1 is 0.352 bits per heavy atom. The molecule has 0 N–H and O–H groups in total. The Morgan fingerprint density at radius 2 is 0.873 bits per heavy atom. The first-order valence-corrected chi connectivity index (χ1v) is 25.7. The fraction of sp³-hybridized carbons (Fsp3) is 0.114. The Balaban J connectivity index is 0.000000128. The van der Waals surface area contributed by atoms with Crippen LogP contribution in [0.4, 0.5) is 0 Å². The second-order valence-electron chi connectivity index (χ2n) is 18.6. The topological polar surface area (TPSA) is 0 Å². The second kappa shape index (κ2) is 22.3. The van der Waals surface area contributed by atoms with E-state index in [2.05, 4.69) is 272 Å². The molecule has 12 aromatic rings. The molecule has 0 radical (unpaired) electrons. The van der Waals surface area contributed by atoms with Crippen LogP contribution in [-0.4, -0.2) is 0 Å². The summed E-state index contributed by atoms with van der Waals surface area (Å²) < 4.78 is 2.78. The van der Waals surface area contributed by atoms with Crippen molar-refractivity contribution in [3.63, 3.8) is 0 Å². The molecular weight excluding hydrogens is 873 g/mol. The van der Waals surface area contributed by atoms with E-state index in [1.807, 2.05) is 35.6 Å². The molecule has 1 heterocycles. The lowest BCUT2D eigenvalue weighted by Crippen LogP contribution is -2.28. The molecule has 1 heteroatoms. The van der Waals surface area contributed by atoms with Crippen LogP contribution in [0.15, 0.2) is 255 Å². The number of hydrogen-bond donors (Lipinski definition) is 0. The molecule has 11 aromatic carbocycles. The van der Waals surface area contributed by atoms with Crippen molar-refractivity contribution in [3.8, 4) is 11.1 Å². The van der Waals surface area contributed by atoms with E-state index < -0.39 is 0 Å². The number of fused-ring (bicyclic) bond motifs is 9. The molecule has 0 unspecified atom stereocenters. The van der Waals surface area contributed by atoms with Gasteiger partial charge in [-0.1, -0.05) is 266 Å². The first kappa shape index (κ1) is 48.2. The average Bonchev–Trinajstić information content (AvgIpc) is 3.95. The molecule has 348 valence electrons. The Hall–Kier alpha value is -7.84. The first-order valence-electron chi connectivity index (χ1n) is 24.9. The first-order chi connectivity index (χ1) is 34.8. The lowest BCUT2D eigenvalue weighted by atomic mass is 9.67. The van der Waals surface area contributed by atoms with E-state index >= 15 is 0 Å². The highest BCUT2D eigenvalue weighted by Crippen LogP contribution is 2.58. The van der Waals surface area contributed by atoms with Crippen LogP contribution in [0.2, 0.25) is 0 Å². The van der Waals surface area contributed by atoms with Crippen LogP contribution in [0.25, 0.3) is 52.8 Å². The van der Waals surface area contributed by atoms with Gasteiger partial charge >= 0.3 is 0 Å². The van der Waals surface area contributed by atoms with Crippen molar-refractivity contribution in [1.29, 1.82) is 0 Å². The van der Waals surface area contributed by atoms with Crippen LogP contribution >= 0.6 is 11.3 Å². The van der Waals surface area contributed by atoms with Gasteiger partial charge in [0.25, 0.3) is 0 Å². The average molecular weight is 935 g/mol. The lowest BCUT2D eigenvalue weighted by Gasteiger charge is -2.34. The summed E-state index contributed by atoms with van der Waals surface area (Å²) >= 11 is 1.88. The van der Waals surface area contributed by atoms with Crippen molar-refractivity contribution >= 4 is 53.1 Å².